The minimum atomic E-state index is -0.724. The van der Waals surface area contributed by atoms with E-state index in [1.165, 1.54) is 19.9 Å². The van der Waals surface area contributed by atoms with Crippen molar-refractivity contribution in [1.82, 2.24) is 10.9 Å². The Kier molecular flexibility index (Phi) is 4.55. The summed E-state index contributed by atoms with van der Waals surface area (Å²) in [6.07, 6.45) is 1.05. The number of aliphatic imine (C=N–C) groups is 1. The lowest BCUT2D eigenvalue weighted by Crippen LogP contribution is -2.38. The molecule has 18 heavy (non-hydrogen) atoms. The summed E-state index contributed by atoms with van der Waals surface area (Å²) < 4.78 is 4.78. The number of nitrogens with zero attached hydrogens (tertiary/aromatic N) is 1. The van der Waals surface area contributed by atoms with E-state index in [0.29, 0.717) is 0 Å². The zero-order valence-electron chi connectivity index (χ0n) is 9.68. The summed E-state index contributed by atoms with van der Waals surface area (Å²) in [6, 6.07) is 1.28. The van der Waals surface area contributed by atoms with Gasteiger partial charge in [0.05, 0.1) is 0 Å². The lowest BCUT2D eigenvalue weighted by atomic mass is 10.2. The van der Waals surface area contributed by atoms with Crippen LogP contribution in [0.3, 0.4) is 0 Å². The minimum Gasteiger partial charge on any atom is -0.507 e. The molecule has 1 amide bonds. The Morgan fingerprint density at radius 1 is 1.56 bits per heavy atom. The maximum Gasteiger partial charge on any atom is 0.348 e. The van der Waals surface area contributed by atoms with Crippen LogP contribution in [0.1, 0.15) is 18.2 Å². The molecular formula is C10H11N3O4S. The fraction of sp³-hybridized carbons (Fsp3) is 0.200. The molecule has 0 saturated heterocycles. The molecule has 0 radical (unpaired) electrons. The van der Waals surface area contributed by atoms with Crippen molar-refractivity contribution in [3.63, 3.8) is 0 Å². The van der Waals surface area contributed by atoms with Crippen molar-refractivity contribution in [1.29, 1.82) is 0 Å². The van der Waals surface area contributed by atoms with Gasteiger partial charge in [0.1, 0.15) is 17.1 Å². The zero-order valence-corrected chi connectivity index (χ0v) is 10.5. The summed E-state index contributed by atoms with van der Waals surface area (Å²) in [5, 5.41) is 9.45. The van der Waals surface area contributed by atoms with Crippen molar-refractivity contribution < 1.29 is 14.3 Å². The first-order chi connectivity index (χ1) is 8.40. The lowest BCUT2D eigenvalue weighted by Gasteiger charge is -2.02. The largest absolute Gasteiger partial charge is 0.507 e. The summed E-state index contributed by atoms with van der Waals surface area (Å²) in [7, 11) is 0. The Morgan fingerprint density at radius 3 is 2.78 bits per heavy atom. The third-order valence-corrected chi connectivity index (χ3v) is 1.95. The summed E-state index contributed by atoms with van der Waals surface area (Å²) >= 11 is 4.75. The van der Waals surface area contributed by atoms with Gasteiger partial charge in [-0.05, 0) is 19.1 Å². The van der Waals surface area contributed by atoms with Gasteiger partial charge in [0.15, 0.2) is 0 Å². The average Bonchev–Trinajstić information content (AvgIpc) is 2.24. The molecule has 0 aliphatic rings. The summed E-state index contributed by atoms with van der Waals surface area (Å²) in [6.45, 7) is 2.82. The van der Waals surface area contributed by atoms with Crippen LogP contribution in [0.25, 0.3) is 0 Å². The van der Waals surface area contributed by atoms with Crippen molar-refractivity contribution >= 4 is 29.5 Å². The topological polar surface area (TPSA) is 104 Å². The van der Waals surface area contributed by atoms with Gasteiger partial charge in [0.25, 0.3) is 0 Å². The van der Waals surface area contributed by atoms with Crippen molar-refractivity contribution in [3.05, 3.63) is 27.8 Å². The maximum atomic E-state index is 11.4. The Bertz CT molecular complexity index is 565. The molecule has 7 nitrogen and oxygen atoms in total. The molecule has 0 bridgehead atoms. The van der Waals surface area contributed by atoms with Gasteiger partial charge in [0, 0.05) is 19.2 Å². The lowest BCUT2D eigenvalue weighted by molar-refractivity contribution is -0.119. The number of aromatic hydroxyl groups is 1. The van der Waals surface area contributed by atoms with Gasteiger partial charge in [-0.3, -0.25) is 15.6 Å². The van der Waals surface area contributed by atoms with Gasteiger partial charge in [-0.2, -0.15) is 0 Å². The summed E-state index contributed by atoms with van der Waals surface area (Å²) in [5.41, 5.74) is 3.69. The standard InChI is InChI=1S/C10H11N3O4S/c1-5-3-8(15)7(9(16)17-5)4-11-10(18)13-12-6(2)14/h3-4,15H,1-2H3,(H,12,14)(H,13,18). The second-order valence-corrected chi connectivity index (χ2v) is 3.70. The van der Waals surface area contributed by atoms with Gasteiger partial charge in [-0.25, -0.2) is 9.79 Å². The van der Waals surface area contributed by atoms with Crippen LogP contribution in [0.4, 0.5) is 0 Å². The number of hydrogen-bond donors (Lipinski definition) is 3. The molecule has 0 saturated carbocycles. The first-order valence-electron chi connectivity index (χ1n) is 4.84. The fourth-order valence-electron chi connectivity index (χ4n) is 1.02. The van der Waals surface area contributed by atoms with Crippen LogP contribution in [0, 0.1) is 6.92 Å². The average molecular weight is 269 g/mol. The third-order valence-electron chi connectivity index (χ3n) is 1.75. The van der Waals surface area contributed by atoms with Crippen molar-refractivity contribution in [2.24, 2.45) is 4.99 Å². The summed E-state index contributed by atoms with van der Waals surface area (Å²) in [5.74, 6) is -0.311. The zero-order chi connectivity index (χ0) is 13.7. The number of rotatable bonds is 1. The Hall–Kier alpha value is -2.22. The molecule has 1 rings (SSSR count). The van der Waals surface area contributed by atoms with Crippen LogP contribution < -0.4 is 16.5 Å². The van der Waals surface area contributed by atoms with E-state index in [1.54, 1.807) is 0 Å². The van der Waals surface area contributed by atoms with E-state index in [0.717, 1.165) is 6.21 Å². The highest BCUT2D eigenvalue weighted by molar-refractivity contribution is 7.80. The van der Waals surface area contributed by atoms with Gasteiger partial charge < -0.3 is 9.52 Å². The fourth-order valence-corrected chi connectivity index (χ4v) is 1.13. The number of nitrogens with one attached hydrogen (secondary N) is 2. The highest BCUT2D eigenvalue weighted by Crippen LogP contribution is 2.12. The minimum absolute atomic E-state index is 0.0652. The molecule has 8 heteroatoms. The van der Waals surface area contributed by atoms with Crippen LogP contribution in [0.5, 0.6) is 5.75 Å². The van der Waals surface area contributed by atoms with Crippen LogP contribution in [0.15, 0.2) is 20.3 Å². The molecular weight excluding hydrogens is 258 g/mol. The Labute approximate surface area is 108 Å². The predicted octanol–water partition coefficient (Wildman–Crippen LogP) is -0.00168. The molecule has 3 N–H and O–H groups in total. The third kappa shape index (κ3) is 3.98. The van der Waals surface area contributed by atoms with Gasteiger partial charge in [0.2, 0.25) is 11.0 Å². The van der Waals surface area contributed by atoms with Crippen LogP contribution in [0.2, 0.25) is 0 Å². The molecule has 0 unspecified atom stereocenters. The first kappa shape index (κ1) is 13.8. The maximum absolute atomic E-state index is 11.4. The second kappa shape index (κ2) is 5.92. The Morgan fingerprint density at radius 2 is 2.22 bits per heavy atom. The molecule has 0 atom stereocenters. The highest BCUT2D eigenvalue weighted by atomic mass is 32.1. The predicted molar refractivity (Wildman–Crippen MR) is 68.5 cm³/mol. The van der Waals surface area contributed by atoms with E-state index in [1.807, 2.05) is 0 Å². The second-order valence-electron chi connectivity index (χ2n) is 3.31. The van der Waals surface area contributed by atoms with Gasteiger partial charge in [-0.15, -0.1) is 0 Å². The van der Waals surface area contributed by atoms with Crippen molar-refractivity contribution in [2.45, 2.75) is 13.8 Å². The van der Waals surface area contributed by atoms with Gasteiger partial charge >= 0.3 is 5.63 Å². The molecule has 0 fully saturated rings. The first-order valence-corrected chi connectivity index (χ1v) is 5.25. The van der Waals surface area contributed by atoms with E-state index in [2.05, 4.69) is 15.8 Å². The van der Waals surface area contributed by atoms with Crippen LogP contribution >= 0.6 is 12.2 Å². The van der Waals surface area contributed by atoms with E-state index in [9.17, 15) is 14.7 Å². The molecule has 96 valence electrons. The molecule has 1 heterocycles. The molecule has 0 spiro atoms. The monoisotopic (exact) mass is 269 g/mol. The molecule has 1 aromatic heterocycles. The number of hydrogen-bond acceptors (Lipinski definition) is 5. The number of aryl methyl sites for hydroxylation is 1. The summed E-state index contributed by atoms with van der Waals surface area (Å²) in [4.78, 5) is 25.6. The number of hydrazine groups is 1. The SMILES string of the molecule is CC(=O)NNC(=S)N=Cc1c(O)cc(C)oc1=O. The van der Waals surface area contributed by atoms with E-state index in [-0.39, 0.29) is 28.1 Å². The quantitative estimate of drug-likeness (QED) is 0.376. The highest BCUT2D eigenvalue weighted by Gasteiger charge is 2.07. The Balaban J connectivity index is 2.82. The number of amides is 1. The number of carbonyl (C=O) groups is 1. The molecule has 1 aromatic rings. The van der Waals surface area contributed by atoms with E-state index in [4.69, 9.17) is 16.6 Å². The normalized spacial score (nSPS) is 10.3. The smallest absolute Gasteiger partial charge is 0.348 e. The molecule has 0 aromatic carbocycles. The number of carbonyl (C=O) groups excluding carboxylic acids is 1. The van der Waals surface area contributed by atoms with Gasteiger partial charge in [-0.1, -0.05) is 0 Å². The van der Waals surface area contributed by atoms with Crippen LogP contribution in [-0.4, -0.2) is 22.3 Å². The van der Waals surface area contributed by atoms with Crippen LogP contribution in [-0.2, 0) is 4.79 Å². The molecule has 0 aliphatic carbocycles. The van der Waals surface area contributed by atoms with E-state index >= 15 is 0 Å². The van der Waals surface area contributed by atoms with Crippen molar-refractivity contribution in [2.75, 3.05) is 0 Å². The van der Waals surface area contributed by atoms with Crippen molar-refractivity contribution in [3.8, 4) is 5.75 Å². The molecule has 0 aliphatic heterocycles. The number of thiocarbonyl (C=S) groups is 1. The van der Waals surface area contributed by atoms with E-state index < -0.39 is 5.63 Å².